The quantitative estimate of drug-likeness (QED) is 0.622. The van der Waals surface area contributed by atoms with Crippen LogP contribution >= 0.6 is 11.6 Å². The normalized spacial score (nSPS) is 16.8. The topological polar surface area (TPSA) is 51.0 Å². The van der Waals surface area contributed by atoms with Crippen LogP contribution in [0.2, 0.25) is 5.02 Å². The van der Waals surface area contributed by atoms with E-state index < -0.39 is 0 Å². The predicted octanol–water partition coefficient (Wildman–Crippen LogP) is 4.96. The molecular formula is C25H36ClN3O2. The number of benzene rings is 2. The van der Waals surface area contributed by atoms with Crippen LogP contribution in [0, 0.1) is 13.8 Å². The molecular weight excluding hydrogens is 410 g/mol. The number of nitrogens with two attached hydrogens (primary N) is 1. The largest absolute Gasteiger partial charge is 0.495 e. The first kappa shape index (κ1) is 23.7. The number of halogens is 1. The Morgan fingerprint density at radius 3 is 2.35 bits per heavy atom. The van der Waals surface area contributed by atoms with Gasteiger partial charge in [-0.2, -0.15) is 0 Å². The molecule has 5 nitrogen and oxygen atoms in total. The molecule has 2 unspecified atom stereocenters. The molecule has 170 valence electrons. The van der Waals surface area contributed by atoms with Crippen LogP contribution in [0.15, 0.2) is 30.3 Å². The third-order valence-electron chi connectivity index (χ3n) is 6.49. The van der Waals surface area contributed by atoms with Gasteiger partial charge in [-0.15, -0.1) is 0 Å². The summed E-state index contributed by atoms with van der Waals surface area (Å²) in [6.45, 7) is 13.4. The van der Waals surface area contributed by atoms with Gasteiger partial charge in [-0.05, 0) is 75.5 Å². The fourth-order valence-corrected chi connectivity index (χ4v) is 4.51. The van der Waals surface area contributed by atoms with Crippen molar-refractivity contribution >= 4 is 17.3 Å². The van der Waals surface area contributed by atoms with Gasteiger partial charge in [0.2, 0.25) is 0 Å². The molecule has 0 bridgehead atoms. The fourth-order valence-electron chi connectivity index (χ4n) is 4.32. The zero-order valence-electron chi connectivity index (χ0n) is 19.5. The highest BCUT2D eigenvalue weighted by atomic mass is 35.5. The lowest BCUT2D eigenvalue weighted by Crippen LogP contribution is -2.47. The Hall–Kier alpha value is -1.95. The van der Waals surface area contributed by atoms with Crippen LogP contribution in [0.4, 0.5) is 5.69 Å². The van der Waals surface area contributed by atoms with Gasteiger partial charge in [-0.1, -0.05) is 17.7 Å². The van der Waals surface area contributed by atoms with Gasteiger partial charge in [-0.3, -0.25) is 4.90 Å². The second-order valence-corrected chi connectivity index (χ2v) is 8.83. The first-order chi connectivity index (χ1) is 14.8. The molecule has 0 spiro atoms. The Kier molecular flexibility index (Phi) is 8.09. The van der Waals surface area contributed by atoms with Crippen molar-refractivity contribution in [2.45, 2.75) is 46.3 Å². The predicted molar refractivity (Wildman–Crippen MR) is 130 cm³/mol. The van der Waals surface area contributed by atoms with Crippen molar-refractivity contribution in [2.75, 3.05) is 44.7 Å². The summed E-state index contributed by atoms with van der Waals surface area (Å²) in [7, 11) is 1.66. The smallest absolute Gasteiger partial charge is 0.139 e. The van der Waals surface area contributed by atoms with E-state index in [1.165, 1.54) is 16.7 Å². The van der Waals surface area contributed by atoms with Gasteiger partial charge in [0.05, 0.1) is 18.2 Å². The van der Waals surface area contributed by atoms with E-state index in [-0.39, 0.29) is 6.10 Å². The third kappa shape index (κ3) is 5.46. The van der Waals surface area contributed by atoms with Crippen LogP contribution in [0.1, 0.15) is 43.0 Å². The number of hydrogen-bond donors (Lipinski definition) is 1. The van der Waals surface area contributed by atoms with Gasteiger partial charge in [0.25, 0.3) is 0 Å². The maximum absolute atomic E-state index is 6.18. The van der Waals surface area contributed by atoms with E-state index in [1.54, 1.807) is 7.11 Å². The molecule has 1 saturated heterocycles. The Morgan fingerprint density at radius 1 is 1.00 bits per heavy atom. The van der Waals surface area contributed by atoms with Crippen molar-refractivity contribution in [3.8, 4) is 11.5 Å². The second kappa shape index (κ2) is 10.6. The van der Waals surface area contributed by atoms with Crippen LogP contribution in [0.25, 0.3) is 0 Å². The summed E-state index contributed by atoms with van der Waals surface area (Å²) in [6.07, 6.45) is 0.992. The third-order valence-corrected chi connectivity index (χ3v) is 6.80. The molecule has 0 aromatic heterocycles. The Morgan fingerprint density at radius 2 is 1.71 bits per heavy atom. The summed E-state index contributed by atoms with van der Waals surface area (Å²) >= 11 is 6.18. The number of ether oxygens (including phenoxy) is 2. The molecule has 2 aromatic carbocycles. The lowest BCUT2D eigenvalue weighted by molar-refractivity contribution is 0.197. The van der Waals surface area contributed by atoms with E-state index in [0.29, 0.717) is 17.6 Å². The molecule has 0 saturated carbocycles. The summed E-state index contributed by atoms with van der Waals surface area (Å²) in [5.74, 6) is 1.69. The monoisotopic (exact) mass is 445 g/mol. The van der Waals surface area contributed by atoms with Crippen LogP contribution < -0.4 is 20.1 Å². The minimum atomic E-state index is 0.131. The highest BCUT2D eigenvalue weighted by Crippen LogP contribution is 2.33. The van der Waals surface area contributed by atoms with Gasteiger partial charge in [-0.25, -0.2) is 0 Å². The first-order valence-corrected chi connectivity index (χ1v) is 11.5. The zero-order chi connectivity index (χ0) is 22.5. The minimum Gasteiger partial charge on any atom is -0.495 e. The van der Waals surface area contributed by atoms with E-state index in [2.05, 4.69) is 55.7 Å². The van der Waals surface area contributed by atoms with Crippen LogP contribution in [0.3, 0.4) is 0 Å². The van der Waals surface area contributed by atoms with Crippen molar-refractivity contribution in [3.63, 3.8) is 0 Å². The molecule has 6 heteroatoms. The lowest BCUT2D eigenvalue weighted by Gasteiger charge is -2.40. The van der Waals surface area contributed by atoms with E-state index in [0.717, 1.165) is 49.8 Å². The molecule has 0 radical (unpaired) electrons. The number of hydrogen-bond acceptors (Lipinski definition) is 5. The number of piperazine rings is 1. The van der Waals surface area contributed by atoms with Gasteiger partial charge in [0.15, 0.2) is 0 Å². The van der Waals surface area contributed by atoms with Gasteiger partial charge in [0, 0.05) is 44.0 Å². The van der Waals surface area contributed by atoms with Crippen LogP contribution in [-0.4, -0.2) is 50.8 Å². The van der Waals surface area contributed by atoms with Crippen molar-refractivity contribution in [1.29, 1.82) is 0 Å². The van der Waals surface area contributed by atoms with E-state index in [4.69, 9.17) is 26.8 Å². The molecule has 2 atom stereocenters. The van der Waals surface area contributed by atoms with E-state index >= 15 is 0 Å². The number of rotatable bonds is 8. The molecule has 3 rings (SSSR count). The van der Waals surface area contributed by atoms with Crippen LogP contribution in [0.5, 0.6) is 11.5 Å². The highest BCUT2D eigenvalue weighted by Gasteiger charge is 2.24. The van der Waals surface area contributed by atoms with Gasteiger partial charge >= 0.3 is 0 Å². The zero-order valence-corrected chi connectivity index (χ0v) is 20.2. The number of nitrogens with zero attached hydrogens (tertiary/aromatic N) is 2. The second-order valence-electron chi connectivity index (χ2n) is 8.43. The Labute approximate surface area is 192 Å². The average Bonchev–Trinajstić information content (AvgIpc) is 2.77. The lowest BCUT2D eigenvalue weighted by atomic mass is 9.96. The van der Waals surface area contributed by atoms with Gasteiger partial charge in [0.1, 0.15) is 11.5 Å². The SMILES string of the molecule is COc1cc(N2CCN(C(C)c3ccc(OC(C)CCN)c(C)c3C)CC2)ccc1Cl. The molecule has 2 N–H and O–H groups in total. The van der Waals surface area contributed by atoms with Gasteiger partial charge < -0.3 is 20.1 Å². The summed E-state index contributed by atoms with van der Waals surface area (Å²) in [4.78, 5) is 4.96. The summed E-state index contributed by atoms with van der Waals surface area (Å²) in [5.41, 5.74) is 10.7. The van der Waals surface area contributed by atoms with Crippen molar-refractivity contribution in [2.24, 2.45) is 5.73 Å². The van der Waals surface area contributed by atoms with Crippen molar-refractivity contribution in [3.05, 3.63) is 52.0 Å². The molecule has 1 aliphatic rings. The molecule has 1 heterocycles. The Bertz CT molecular complexity index is 881. The molecule has 1 fully saturated rings. The molecule has 2 aromatic rings. The number of methoxy groups -OCH3 is 1. The first-order valence-electron chi connectivity index (χ1n) is 11.1. The maximum atomic E-state index is 6.18. The standard InChI is InChI=1S/C25H36ClN3O2/c1-17(10-11-27)31-24-9-7-22(18(2)19(24)3)20(4)28-12-14-29(15-13-28)21-6-8-23(26)25(16-21)30-5/h6-9,16-17,20H,10-15,27H2,1-5H3. The Balaban J connectivity index is 1.66. The fraction of sp³-hybridized carbons (Fsp3) is 0.520. The summed E-state index contributed by atoms with van der Waals surface area (Å²) in [6, 6.07) is 10.7. The maximum Gasteiger partial charge on any atom is 0.139 e. The molecule has 0 aliphatic carbocycles. The van der Waals surface area contributed by atoms with Crippen molar-refractivity contribution < 1.29 is 9.47 Å². The summed E-state index contributed by atoms with van der Waals surface area (Å²) < 4.78 is 11.5. The molecule has 31 heavy (non-hydrogen) atoms. The van der Waals surface area contributed by atoms with E-state index in [9.17, 15) is 0 Å². The highest BCUT2D eigenvalue weighted by molar-refractivity contribution is 6.32. The summed E-state index contributed by atoms with van der Waals surface area (Å²) in [5, 5.41) is 0.647. The van der Waals surface area contributed by atoms with Crippen LogP contribution in [-0.2, 0) is 0 Å². The number of anilines is 1. The molecule has 1 aliphatic heterocycles. The average molecular weight is 446 g/mol. The van der Waals surface area contributed by atoms with E-state index in [1.807, 2.05) is 12.1 Å². The van der Waals surface area contributed by atoms with Crippen molar-refractivity contribution in [1.82, 2.24) is 4.90 Å². The minimum absolute atomic E-state index is 0.131. The molecule has 0 amide bonds.